The van der Waals surface area contributed by atoms with Gasteiger partial charge in [0, 0.05) is 31.1 Å². The molecule has 1 saturated heterocycles. The second-order valence-corrected chi connectivity index (χ2v) is 4.69. The average Bonchev–Trinajstić information content (AvgIpc) is 2.86. The summed E-state index contributed by atoms with van der Waals surface area (Å²) in [5, 5.41) is 11.2. The number of piperazine rings is 1. The van der Waals surface area contributed by atoms with Crippen LogP contribution in [0.4, 0.5) is 0 Å². The lowest BCUT2D eigenvalue weighted by atomic mass is 10.1. The van der Waals surface area contributed by atoms with E-state index in [-0.39, 0.29) is 11.9 Å². The third kappa shape index (κ3) is 1.76. The quantitative estimate of drug-likeness (QED) is 0.786. The van der Waals surface area contributed by atoms with Gasteiger partial charge in [0.2, 0.25) is 0 Å². The summed E-state index contributed by atoms with van der Waals surface area (Å²) in [6, 6.07) is 5.94. The molecule has 1 aliphatic heterocycles. The Morgan fingerprint density at radius 2 is 2.39 bits per heavy atom. The van der Waals surface area contributed by atoms with Crippen molar-refractivity contribution in [1.82, 2.24) is 20.4 Å². The molecule has 1 fully saturated rings. The molecule has 2 heterocycles. The second kappa shape index (κ2) is 4.42. The van der Waals surface area contributed by atoms with Crippen LogP contribution in [-0.4, -0.2) is 46.7 Å². The zero-order chi connectivity index (χ0) is 12.5. The van der Waals surface area contributed by atoms with Crippen LogP contribution in [0.25, 0.3) is 10.9 Å². The lowest BCUT2D eigenvalue weighted by molar-refractivity contribution is 0.0657. The highest BCUT2D eigenvalue weighted by Crippen LogP contribution is 2.18. The maximum Gasteiger partial charge on any atom is 0.256 e. The lowest BCUT2D eigenvalue weighted by Crippen LogP contribution is -2.52. The predicted octanol–water partition coefficient (Wildman–Crippen LogP) is 0.997. The number of para-hydroxylation sites is 1. The molecule has 0 bridgehead atoms. The monoisotopic (exact) mass is 244 g/mol. The number of aromatic nitrogens is 2. The summed E-state index contributed by atoms with van der Waals surface area (Å²) in [5.41, 5.74) is 1.53. The number of hydrogen-bond acceptors (Lipinski definition) is 3. The van der Waals surface area contributed by atoms with Gasteiger partial charge in [0.05, 0.1) is 17.3 Å². The van der Waals surface area contributed by atoms with E-state index < -0.39 is 0 Å². The van der Waals surface area contributed by atoms with Crippen LogP contribution in [0.2, 0.25) is 0 Å². The minimum atomic E-state index is 0.0823. The summed E-state index contributed by atoms with van der Waals surface area (Å²) in [4.78, 5) is 14.5. The third-order valence-electron chi connectivity index (χ3n) is 3.47. The zero-order valence-corrected chi connectivity index (χ0v) is 10.3. The Balaban J connectivity index is 1.98. The molecule has 2 aromatic rings. The Morgan fingerprint density at radius 3 is 3.22 bits per heavy atom. The number of amides is 1. The van der Waals surface area contributed by atoms with Gasteiger partial charge in [0.1, 0.15) is 0 Å². The number of aromatic amines is 1. The fourth-order valence-electron chi connectivity index (χ4n) is 2.44. The van der Waals surface area contributed by atoms with E-state index in [0.717, 1.165) is 30.5 Å². The molecular formula is C13H16N4O. The highest BCUT2D eigenvalue weighted by atomic mass is 16.2. The topological polar surface area (TPSA) is 61.0 Å². The van der Waals surface area contributed by atoms with Gasteiger partial charge in [0.15, 0.2) is 0 Å². The van der Waals surface area contributed by atoms with Crippen LogP contribution in [-0.2, 0) is 0 Å². The summed E-state index contributed by atoms with van der Waals surface area (Å²) in [7, 11) is 0. The molecule has 94 valence electrons. The molecular weight excluding hydrogens is 228 g/mol. The lowest BCUT2D eigenvalue weighted by Gasteiger charge is -2.34. The smallest absolute Gasteiger partial charge is 0.256 e. The van der Waals surface area contributed by atoms with Gasteiger partial charge >= 0.3 is 0 Å². The maximum atomic E-state index is 12.6. The maximum absolute atomic E-state index is 12.6. The van der Waals surface area contributed by atoms with Gasteiger partial charge in [-0.25, -0.2) is 0 Å². The molecule has 0 spiro atoms. The van der Waals surface area contributed by atoms with Crippen LogP contribution in [0.5, 0.6) is 0 Å². The van der Waals surface area contributed by atoms with Crippen LogP contribution in [0.1, 0.15) is 17.3 Å². The Labute approximate surface area is 105 Å². The minimum absolute atomic E-state index is 0.0823. The molecule has 1 aromatic heterocycles. The highest BCUT2D eigenvalue weighted by molar-refractivity contribution is 6.05. The van der Waals surface area contributed by atoms with E-state index in [0.29, 0.717) is 5.56 Å². The van der Waals surface area contributed by atoms with Gasteiger partial charge < -0.3 is 10.2 Å². The molecule has 5 heteroatoms. The first kappa shape index (κ1) is 11.2. The Hall–Kier alpha value is -1.88. The van der Waals surface area contributed by atoms with Crippen molar-refractivity contribution in [3.05, 3.63) is 30.0 Å². The van der Waals surface area contributed by atoms with E-state index in [1.165, 1.54) is 0 Å². The Bertz CT molecular complexity index is 577. The molecule has 5 nitrogen and oxygen atoms in total. The first-order chi connectivity index (χ1) is 8.77. The SMILES string of the molecule is C[C@@H]1CNCCN1C(=O)c1cccc2cn[nH]c12. The van der Waals surface area contributed by atoms with Crippen molar-refractivity contribution in [2.45, 2.75) is 13.0 Å². The number of hydrogen-bond donors (Lipinski definition) is 2. The summed E-state index contributed by atoms with van der Waals surface area (Å²) < 4.78 is 0. The number of benzene rings is 1. The standard InChI is InChI=1S/C13H16N4O/c1-9-7-14-5-6-17(9)13(18)11-4-2-3-10-8-15-16-12(10)11/h2-4,8-9,14H,5-7H2,1H3,(H,15,16)/t9-/m1/s1. The van der Waals surface area contributed by atoms with E-state index in [1.54, 1.807) is 6.20 Å². The number of nitrogens with zero attached hydrogens (tertiary/aromatic N) is 2. The molecule has 18 heavy (non-hydrogen) atoms. The van der Waals surface area contributed by atoms with Crippen LogP contribution >= 0.6 is 0 Å². The first-order valence-corrected chi connectivity index (χ1v) is 6.21. The number of H-pyrrole nitrogens is 1. The number of carbonyl (C=O) groups is 1. The second-order valence-electron chi connectivity index (χ2n) is 4.69. The Kier molecular flexibility index (Phi) is 2.76. The van der Waals surface area contributed by atoms with Gasteiger partial charge in [-0.2, -0.15) is 5.10 Å². The fourth-order valence-corrected chi connectivity index (χ4v) is 2.44. The van der Waals surface area contributed by atoms with E-state index >= 15 is 0 Å². The molecule has 1 amide bonds. The summed E-state index contributed by atoms with van der Waals surface area (Å²) in [6.45, 7) is 4.53. The third-order valence-corrected chi connectivity index (χ3v) is 3.47. The summed E-state index contributed by atoms with van der Waals surface area (Å²) in [5.74, 6) is 0.0823. The van der Waals surface area contributed by atoms with E-state index in [4.69, 9.17) is 0 Å². The average molecular weight is 244 g/mol. The Morgan fingerprint density at radius 1 is 1.50 bits per heavy atom. The van der Waals surface area contributed by atoms with Crippen LogP contribution in [0.3, 0.4) is 0 Å². The number of nitrogens with one attached hydrogen (secondary N) is 2. The molecule has 0 saturated carbocycles. The molecule has 1 aliphatic rings. The molecule has 1 aromatic carbocycles. The van der Waals surface area contributed by atoms with Crippen LogP contribution in [0.15, 0.2) is 24.4 Å². The van der Waals surface area contributed by atoms with Gasteiger partial charge in [-0.1, -0.05) is 12.1 Å². The molecule has 1 atom stereocenters. The molecule has 0 radical (unpaired) electrons. The van der Waals surface area contributed by atoms with E-state index in [2.05, 4.69) is 22.4 Å². The van der Waals surface area contributed by atoms with Crippen molar-refractivity contribution < 1.29 is 4.79 Å². The van der Waals surface area contributed by atoms with Crippen molar-refractivity contribution in [2.75, 3.05) is 19.6 Å². The number of rotatable bonds is 1. The number of carbonyl (C=O) groups excluding carboxylic acids is 1. The highest BCUT2D eigenvalue weighted by Gasteiger charge is 2.25. The largest absolute Gasteiger partial charge is 0.333 e. The van der Waals surface area contributed by atoms with E-state index in [9.17, 15) is 4.79 Å². The van der Waals surface area contributed by atoms with Crippen LogP contribution in [0, 0.1) is 0 Å². The number of fused-ring (bicyclic) bond motifs is 1. The van der Waals surface area contributed by atoms with Crippen LogP contribution < -0.4 is 5.32 Å². The van der Waals surface area contributed by atoms with Crippen molar-refractivity contribution in [3.8, 4) is 0 Å². The summed E-state index contributed by atoms with van der Waals surface area (Å²) in [6.07, 6.45) is 1.74. The molecule has 0 aliphatic carbocycles. The van der Waals surface area contributed by atoms with Gasteiger partial charge in [-0.05, 0) is 13.0 Å². The van der Waals surface area contributed by atoms with Gasteiger partial charge in [-0.3, -0.25) is 9.89 Å². The van der Waals surface area contributed by atoms with Crippen molar-refractivity contribution in [1.29, 1.82) is 0 Å². The normalized spacial score (nSPS) is 20.3. The predicted molar refractivity (Wildman–Crippen MR) is 69.5 cm³/mol. The fraction of sp³-hybridized carbons (Fsp3) is 0.385. The summed E-state index contributed by atoms with van der Waals surface area (Å²) >= 11 is 0. The first-order valence-electron chi connectivity index (χ1n) is 6.21. The molecule has 3 rings (SSSR count). The molecule has 0 unspecified atom stereocenters. The van der Waals surface area contributed by atoms with Crippen molar-refractivity contribution in [3.63, 3.8) is 0 Å². The van der Waals surface area contributed by atoms with Gasteiger partial charge in [0.25, 0.3) is 5.91 Å². The minimum Gasteiger partial charge on any atom is -0.333 e. The van der Waals surface area contributed by atoms with Crippen molar-refractivity contribution >= 4 is 16.8 Å². The molecule has 2 N–H and O–H groups in total. The zero-order valence-electron chi connectivity index (χ0n) is 10.3. The van der Waals surface area contributed by atoms with Gasteiger partial charge in [-0.15, -0.1) is 0 Å². The van der Waals surface area contributed by atoms with Crippen molar-refractivity contribution in [2.24, 2.45) is 0 Å². The van der Waals surface area contributed by atoms with E-state index in [1.807, 2.05) is 23.1 Å².